The van der Waals surface area contributed by atoms with Crippen LogP contribution in [-0.4, -0.2) is 12.4 Å². The lowest BCUT2D eigenvalue weighted by Crippen LogP contribution is -2.14. The summed E-state index contributed by atoms with van der Waals surface area (Å²) < 4.78 is 0. The number of rotatable bonds is 6. The molecule has 1 N–H and O–H groups in total. The molecule has 0 saturated heterocycles. The van der Waals surface area contributed by atoms with Gasteiger partial charge in [-0.15, -0.1) is 0 Å². The Kier molecular flexibility index (Phi) is 6.62. The van der Waals surface area contributed by atoms with Gasteiger partial charge in [-0.25, -0.2) is 0 Å². The summed E-state index contributed by atoms with van der Waals surface area (Å²) in [6, 6.07) is 9.59. The van der Waals surface area contributed by atoms with E-state index in [0.717, 1.165) is 17.0 Å². The van der Waals surface area contributed by atoms with Crippen LogP contribution in [0.4, 0.5) is 0 Å². The van der Waals surface area contributed by atoms with Crippen LogP contribution < -0.4 is 5.32 Å². The first-order valence-corrected chi connectivity index (χ1v) is 6.72. The second-order valence-corrected chi connectivity index (χ2v) is 4.35. The zero-order valence-electron chi connectivity index (χ0n) is 12.7. The molecule has 0 fully saturated rings. The molecule has 0 aromatic heterocycles. The maximum atomic E-state index is 8.90. The van der Waals surface area contributed by atoms with E-state index in [1.807, 2.05) is 39.0 Å². The number of nitriles is 1. The third-order valence-electron chi connectivity index (χ3n) is 2.77. The Morgan fingerprint density at radius 3 is 2.67 bits per heavy atom. The van der Waals surface area contributed by atoms with Gasteiger partial charge in [0.25, 0.3) is 0 Å². The number of aliphatic imine (C=N–C) groups is 2. The first-order chi connectivity index (χ1) is 10.1. The van der Waals surface area contributed by atoms with Gasteiger partial charge in [0.2, 0.25) is 0 Å². The van der Waals surface area contributed by atoms with Gasteiger partial charge >= 0.3 is 0 Å². The minimum atomic E-state index is 0.584. The Labute approximate surface area is 126 Å². The number of hydrogen-bond donors (Lipinski definition) is 1. The molecule has 0 unspecified atom stereocenters. The lowest BCUT2D eigenvalue weighted by Gasteiger charge is -2.11. The lowest BCUT2D eigenvalue weighted by atomic mass is 10.1. The summed E-state index contributed by atoms with van der Waals surface area (Å²) in [6.45, 7) is 10.2. The normalized spacial score (nSPS) is 12.3. The highest BCUT2D eigenvalue weighted by Gasteiger charge is 2.05. The molecular weight excluding hydrogens is 260 g/mol. The van der Waals surface area contributed by atoms with E-state index in [2.05, 4.69) is 27.9 Å². The molecule has 0 aliphatic carbocycles. The van der Waals surface area contributed by atoms with Crippen molar-refractivity contribution in [3.63, 3.8) is 0 Å². The van der Waals surface area contributed by atoms with Crippen molar-refractivity contribution in [2.75, 3.05) is 0 Å². The van der Waals surface area contributed by atoms with E-state index in [-0.39, 0.29) is 0 Å². The van der Waals surface area contributed by atoms with Gasteiger partial charge in [-0.3, -0.25) is 9.98 Å². The molecule has 1 aromatic carbocycles. The Morgan fingerprint density at radius 2 is 2.05 bits per heavy atom. The first-order valence-electron chi connectivity index (χ1n) is 6.72. The number of benzene rings is 1. The van der Waals surface area contributed by atoms with Crippen LogP contribution in [0.5, 0.6) is 0 Å². The molecule has 0 saturated carbocycles. The summed E-state index contributed by atoms with van der Waals surface area (Å²) in [5.41, 5.74) is 3.91. The van der Waals surface area contributed by atoms with Crippen molar-refractivity contribution in [2.24, 2.45) is 9.98 Å². The Morgan fingerprint density at radius 1 is 1.33 bits per heavy atom. The monoisotopic (exact) mass is 280 g/mol. The fourth-order valence-electron chi connectivity index (χ4n) is 1.82. The number of hydrogen-bond acceptors (Lipinski definition) is 4. The molecule has 0 amide bonds. The smallest absolute Gasteiger partial charge is 0.106 e. The molecule has 0 radical (unpaired) electrons. The molecule has 0 spiro atoms. The van der Waals surface area contributed by atoms with E-state index >= 15 is 0 Å². The molecule has 4 heteroatoms. The van der Waals surface area contributed by atoms with Crippen molar-refractivity contribution < 1.29 is 0 Å². The van der Waals surface area contributed by atoms with Crippen LogP contribution in [-0.2, 0) is 6.54 Å². The van der Waals surface area contributed by atoms with Crippen molar-refractivity contribution in [2.45, 2.75) is 27.3 Å². The van der Waals surface area contributed by atoms with Gasteiger partial charge in [0.05, 0.1) is 23.0 Å². The predicted octanol–water partition coefficient (Wildman–Crippen LogP) is 3.57. The van der Waals surface area contributed by atoms with Crippen LogP contribution >= 0.6 is 0 Å². The maximum Gasteiger partial charge on any atom is 0.106 e. The summed E-state index contributed by atoms with van der Waals surface area (Å²) in [4.78, 5) is 8.56. The van der Waals surface area contributed by atoms with Crippen molar-refractivity contribution in [3.05, 3.63) is 59.1 Å². The number of nitrogens with one attached hydrogen (secondary N) is 1. The molecule has 0 bridgehead atoms. The second-order valence-electron chi connectivity index (χ2n) is 4.35. The van der Waals surface area contributed by atoms with Gasteiger partial charge in [-0.1, -0.05) is 18.7 Å². The van der Waals surface area contributed by atoms with Gasteiger partial charge in [0.15, 0.2) is 0 Å². The zero-order valence-corrected chi connectivity index (χ0v) is 12.7. The van der Waals surface area contributed by atoms with Crippen molar-refractivity contribution in [1.82, 2.24) is 5.32 Å². The molecule has 0 aliphatic heterocycles. The Balaban J connectivity index is 2.84. The molecule has 0 aliphatic rings. The summed E-state index contributed by atoms with van der Waals surface area (Å²) >= 11 is 0. The zero-order chi connectivity index (χ0) is 15.7. The highest BCUT2D eigenvalue weighted by Crippen LogP contribution is 2.14. The average Bonchev–Trinajstić information content (AvgIpc) is 2.50. The van der Waals surface area contributed by atoms with Gasteiger partial charge in [-0.2, -0.15) is 5.26 Å². The van der Waals surface area contributed by atoms with E-state index in [1.165, 1.54) is 0 Å². The van der Waals surface area contributed by atoms with E-state index in [0.29, 0.717) is 17.8 Å². The number of allylic oxidation sites excluding steroid dienone is 1. The maximum absolute atomic E-state index is 8.90. The van der Waals surface area contributed by atoms with Gasteiger partial charge < -0.3 is 5.32 Å². The lowest BCUT2D eigenvalue weighted by molar-refractivity contribution is 0.815. The van der Waals surface area contributed by atoms with E-state index in [1.54, 1.807) is 18.5 Å². The highest BCUT2D eigenvalue weighted by atomic mass is 14.9. The average molecular weight is 280 g/mol. The SMILES string of the molecule is C=C(NCc1cccc(C#N)c1)C(/N=C\C)=C(C)\N=C/C. The van der Waals surface area contributed by atoms with Crippen LogP contribution in [0.15, 0.2) is 57.9 Å². The fourth-order valence-corrected chi connectivity index (χ4v) is 1.82. The van der Waals surface area contributed by atoms with E-state index in [9.17, 15) is 0 Å². The van der Waals surface area contributed by atoms with Gasteiger partial charge in [-0.05, 0) is 38.5 Å². The van der Waals surface area contributed by atoms with Crippen molar-refractivity contribution in [1.29, 1.82) is 5.26 Å². The van der Waals surface area contributed by atoms with Crippen LogP contribution in [0.1, 0.15) is 31.9 Å². The van der Waals surface area contributed by atoms with Crippen LogP contribution in [0.2, 0.25) is 0 Å². The van der Waals surface area contributed by atoms with Crippen LogP contribution in [0.25, 0.3) is 0 Å². The van der Waals surface area contributed by atoms with Crippen LogP contribution in [0.3, 0.4) is 0 Å². The van der Waals surface area contributed by atoms with Crippen molar-refractivity contribution >= 4 is 12.4 Å². The largest absolute Gasteiger partial charge is 0.380 e. The third-order valence-corrected chi connectivity index (χ3v) is 2.77. The second kappa shape index (κ2) is 8.49. The van der Waals surface area contributed by atoms with E-state index < -0.39 is 0 Å². The predicted molar refractivity (Wildman–Crippen MR) is 88.2 cm³/mol. The quantitative estimate of drug-likeness (QED) is 0.639. The molecule has 21 heavy (non-hydrogen) atoms. The molecule has 0 atom stereocenters. The molecule has 1 aromatic rings. The highest BCUT2D eigenvalue weighted by molar-refractivity contribution is 5.59. The minimum Gasteiger partial charge on any atom is -0.380 e. The minimum absolute atomic E-state index is 0.584. The topological polar surface area (TPSA) is 60.5 Å². The first kappa shape index (κ1) is 16.4. The molecule has 0 heterocycles. The Hall–Kier alpha value is -2.67. The van der Waals surface area contributed by atoms with Gasteiger partial charge in [0, 0.05) is 19.0 Å². The Bertz CT molecular complexity index is 630. The summed E-state index contributed by atoms with van der Waals surface area (Å²) in [7, 11) is 0. The number of nitrogens with zero attached hydrogens (tertiary/aromatic N) is 3. The van der Waals surface area contributed by atoms with E-state index in [4.69, 9.17) is 5.26 Å². The third kappa shape index (κ3) is 5.07. The standard InChI is InChI=1S/C17H20N4/c1-5-19-13(3)17(20-6-2)14(4)21-12-16-9-7-8-15(10-16)11-18/h5-10,21H,4,12H2,1-3H3/b17-13+,19-5-,20-6-. The molecule has 4 nitrogen and oxygen atoms in total. The molecular formula is C17H20N4. The summed E-state index contributed by atoms with van der Waals surface area (Å²) in [6.07, 6.45) is 3.44. The van der Waals surface area contributed by atoms with Crippen LogP contribution in [0, 0.1) is 11.3 Å². The van der Waals surface area contributed by atoms with Gasteiger partial charge in [0.1, 0.15) is 5.70 Å². The summed E-state index contributed by atoms with van der Waals surface area (Å²) in [5.74, 6) is 0. The summed E-state index contributed by atoms with van der Waals surface area (Å²) in [5, 5.41) is 12.1. The fraction of sp³-hybridized carbons (Fsp3) is 0.235. The molecule has 108 valence electrons. The molecule has 1 rings (SSSR count). The van der Waals surface area contributed by atoms with Crippen molar-refractivity contribution in [3.8, 4) is 6.07 Å².